The van der Waals surface area contributed by atoms with Crippen LogP contribution in [0.1, 0.15) is 0 Å². The lowest BCUT2D eigenvalue weighted by molar-refractivity contribution is 0.365. The number of hydrogen-bond donors (Lipinski definition) is 0. The molecular formula is C2H4O2S3. The molecule has 0 aromatic carbocycles. The van der Waals surface area contributed by atoms with E-state index in [0.717, 1.165) is 0 Å². The Balaban J connectivity index is 2.76. The van der Waals surface area contributed by atoms with Crippen LogP contribution in [0.2, 0.25) is 0 Å². The highest BCUT2D eigenvalue weighted by molar-refractivity contribution is 8.51. The highest BCUT2D eigenvalue weighted by Gasteiger charge is 2.09. The van der Waals surface area contributed by atoms with Crippen molar-refractivity contribution in [1.82, 2.24) is 0 Å². The highest BCUT2D eigenvalue weighted by atomic mass is 33.1. The van der Waals surface area contributed by atoms with Crippen LogP contribution in [0, 0.1) is 0 Å². The molecule has 2 nitrogen and oxygen atoms in total. The molecule has 0 saturated carbocycles. The van der Waals surface area contributed by atoms with E-state index in [4.69, 9.17) is 8.37 Å². The summed E-state index contributed by atoms with van der Waals surface area (Å²) in [5, 5.41) is 0. The summed E-state index contributed by atoms with van der Waals surface area (Å²) in [4.78, 5) is 0. The molecule has 0 atom stereocenters. The average Bonchev–Trinajstić information content (AvgIpc) is 1.84. The summed E-state index contributed by atoms with van der Waals surface area (Å²) in [7, 11) is -1.88. The molecule has 42 valence electrons. The molecule has 1 saturated heterocycles. The van der Waals surface area contributed by atoms with Crippen LogP contribution in [0.3, 0.4) is 0 Å². The third-order valence-electron chi connectivity index (χ3n) is 0.539. The molecule has 7 heavy (non-hydrogen) atoms. The molecule has 5 heteroatoms. The topological polar surface area (TPSA) is 18.5 Å². The molecule has 0 bridgehead atoms. The molecule has 1 rings (SSSR count). The average molecular weight is 156 g/mol. The van der Waals surface area contributed by atoms with E-state index in [-0.39, 0.29) is 0 Å². The van der Waals surface area contributed by atoms with Gasteiger partial charge in [-0.2, -0.15) is 0 Å². The fraction of sp³-hybridized carbons (Fsp3) is 1.00. The Labute approximate surface area is 52.0 Å². The predicted molar refractivity (Wildman–Crippen MR) is 34.0 cm³/mol. The Hall–Kier alpha value is 0.710. The fourth-order valence-corrected chi connectivity index (χ4v) is 1.74. The van der Waals surface area contributed by atoms with Crippen molar-refractivity contribution >= 4 is 30.1 Å². The lowest BCUT2D eigenvalue weighted by Gasteiger charge is -1.92. The van der Waals surface area contributed by atoms with Crippen LogP contribution in [-0.2, 0) is 38.5 Å². The van der Waals surface area contributed by atoms with Crippen LogP contribution in [0.15, 0.2) is 0 Å². The van der Waals surface area contributed by atoms with Gasteiger partial charge in [-0.1, -0.05) is 0 Å². The van der Waals surface area contributed by atoms with Crippen molar-refractivity contribution in [2.24, 2.45) is 0 Å². The molecule has 1 heterocycles. The summed E-state index contributed by atoms with van der Waals surface area (Å²) >= 11 is 9.32. The minimum absolute atomic E-state index is 0.572. The van der Waals surface area contributed by atoms with Gasteiger partial charge in [-0.25, -0.2) is 0 Å². The van der Waals surface area contributed by atoms with Gasteiger partial charge in [0.25, 0.3) is 0 Å². The van der Waals surface area contributed by atoms with Gasteiger partial charge in [-0.3, -0.25) is 8.37 Å². The van der Waals surface area contributed by atoms with Crippen LogP contribution >= 0.6 is 0 Å². The first-order valence-electron chi connectivity index (χ1n) is 1.74. The van der Waals surface area contributed by atoms with Crippen molar-refractivity contribution in [1.29, 1.82) is 0 Å². The smallest absolute Gasteiger partial charge is 0.137 e. The molecule has 1 fully saturated rings. The molecule has 0 aromatic heterocycles. The summed E-state index contributed by atoms with van der Waals surface area (Å²) in [5.74, 6) is 0. The van der Waals surface area contributed by atoms with Gasteiger partial charge in [0.1, 0.15) is 7.71 Å². The van der Waals surface area contributed by atoms with E-state index in [0.29, 0.717) is 13.2 Å². The van der Waals surface area contributed by atoms with Gasteiger partial charge < -0.3 is 0 Å². The maximum atomic E-state index is 4.83. The monoisotopic (exact) mass is 156 g/mol. The third kappa shape index (κ3) is 1.58. The first-order chi connectivity index (χ1) is 3.21. The zero-order valence-corrected chi connectivity index (χ0v) is 5.90. The van der Waals surface area contributed by atoms with E-state index in [9.17, 15) is 0 Å². The van der Waals surface area contributed by atoms with Gasteiger partial charge in [-0.15, -0.1) is 0 Å². The molecule has 0 aliphatic carbocycles. The van der Waals surface area contributed by atoms with Crippen LogP contribution in [0.5, 0.6) is 0 Å². The van der Waals surface area contributed by atoms with E-state index in [2.05, 4.69) is 22.4 Å². The van der Waals surface area contributed by atoms with E-state index >= 15 is 0 Å². The van der Waals surface area contributed by atoms with Crippen LogP contribution in [0.4, 0.5) is 0 Å². The van der Waals surface area contributed by atoms with Crippen LogP contribution in [-0.4, -0.2) is 13.2 Å². The molecule has 0 N–H and O–H groups in total. The number of hydrogen-bond acceptors (Lipinski definition) is 4. The third-order valence-corrected chi connectivity index (χ3v) is 2.60. The Kier molecular flexibility index (Phi) is 1.59. The molecule has 1 aliphatic rings. The van der Waals surface area contributed by atoms with Crippen LogP contribution in [0.25, 0.3) is 0 Å². The van der Waals surface area contributed by atoms with Crippen LogP contribution < -0.4 is 0 Å². The van der Waals surface area contributed by atoms with E-state index < -0.39 is 7.71 Å². The van der Waals surface area contributed by atoms with Gasteiger partial charge in [0.05, 0.1) is 13.2 Å². The van der Waals surface area contributed by atoms with Crippen molar-refractivity contribution < 1.29 is 8.37 Å². The van der Waals surface area contributed by atoms with Crippen molar-refractivity contribution in [3.63, 3.8) is 0 Å². The second-order valence-corrected chi connectivity index (χ2v) is 5.61. The molecule has 0 unspecified atom stereocenters. The van der Waals surface area contributed by atoms with Gasteiger partial charge in [0.15, 0.2) is 0 Å². The highest BCUT2D eigenvalue weighted by Crippen LogP contribution is 2.04. The Morgan fingerprint density at radius 3 is 1.71 bits per heavy atom. The quantitative estimate of drug-likeness (QED) is 0.489. The first kappa shape index (κ1) is 5.84. The largest absolute Gasteiger partial charge is 0.288 e. The Morgan fingerprint density at radius 2 is 1.57 bits per heavy atom. The SMILES string of the molecule is S=S1(=S)OCCO1. The maximum absolute atomic E-state index is 4.83. The van der Waals surface area contributed by atoms with E-state index in [1.165, 1.54) is 0 Å². The molecule has 0 radical (unpaired) electrons. The zero-order chi connectivity index (χ0) is 5.33. The zero-order valence-electron chi connectivity index (χ0n) is 3.46. The summed E-state index contributed by atoms with van der Waals surface area (Å²) in [5.41, 5.74) is 0. The van der Waals surface area contributed by atoms with E-state index in [1.54, 1.807) is 0 Å². The summed E-state index contributed by atoms with van der Waals surface area (Å²) < 4.78 is 9.66. The second kappa shape index (κ2) is 1.91. The predicted octanol–water partition coefficient (Wildman–Crippen LogP) is -0.0590. The lowest BCUT2D eigenvalue weighted by atomic mass is 10.8. The van der Waals surface area contributed by atoms with Crippen molar-refractivity contribution in [3.8, 4) is 0 Å². The summed E-state index contributed by atoms with van der Waals surface area (Å²) in [6.45, 7) is 1.14. The van der Waals surface area contributed by atoms with Gasteiger partial charge in [0.2, 0.25) is 0 Å². The minimum Gasteiger partial charge on any atom is -0.288 e. The minimum atomic E-state index is -1.88. The molecule has 1 aliphatic heterocycles. The first-order valence-corrected chi connectivity index (χ1v) is 5.08. The fourth-order valence-electron chi connectivity index (χ4n) is 0.306. The summed E-state index contributed by atoms with van der Waals surface area (Å²) in [6, 6.07) is 0. The van der Waals surface area contributed by atoms with Gasteiger partial charge in [-0.05, 0) is 0 Å². The standard InChI is InChI=1S/C2H4O2S3/c5-7(6)3-1-2-4-7/h1-2H2. The lowest BCUT2D eigenvalue weighted by Crippen LogP contribution is -1.90. The summed E-state index contributed by atoms with van der Waals surface area (Å²) in [6.07, 6.45) is 0. The van der Waals surface area contributed by atoms with Crippen molar-refractivity contribution in [2.75, 3.05) is 13.2 Å². The van der Waals surface area contributed by atoms with Crippen molar-refractivity contribution in [3.05, 3.63) is 0 Å². The Morgan fingerprint density at radius 1 is 1.14 bits per heavy atom. The van der Waals surface area contributed by atoms with Gasteiger partial charge >= 0.3 is 0 Å². The number of rotatable bonds is 0. The molecule has 0 amide bonds. The van der Waals surface area contributed by atoms with Crippen molar-refractivity contribution in [2.45, 2.75) is 0 Å². The van der Waals surface area contributed by atoms with E-state index in [1.807, 2.05) is 0 Å². The normalized spacial score (nSPS) is 28.0. The molecule has 0 spiro atoms. The Bertz CT molecular complexity index is 134. The van der Waals surface area contributed by atoms with Gasteiger partial charge in [0, 0.05) is 22.4 Å². The maximum Gasteiger partial charge on any atom is 0.137 e. The molecular weight excluding hydrogens is 152 g/mol. The second-order valence-electron chi connectivity index (χ2n) is 1.05. The molecule has 0 aromatic rings.